The van der Waals surface area contributed by atoms with Crippen LogP contribution >= 0.6 is 0 Å². The smallest absolute Gasteiger partial charge is 0.145 e. The summed E-state index contributed by atoms with van der Waals surface area (Å²) in [7, 11) is 0. The third-order valence-corrected chi connectivity index (χ3v) is 3.22. The van der Waals surface area contributed by atoms with E-state index >= 15 is 0 Å². The van der Waals surface area contributed by atoms with Crippen LogP contribution in [0.5, 0.6) is 0 Å². The second-order valence-electron chi connectivity index (χ2n) is 4.59. The van der Waals surface area contributed by atoms with Gasteiger partial charge in [0, 0.05) is 11.6 Å². The van der Waals surface area contributed by atoms with Gasteiger partial charge < -0.3 is 5.73 Å². The van der Waals surface area contributed by atoms with Gasteiger partial charge in [-0.3, -0.25) is 0 Å². The van der Waals surface area contributed by atoms with Crippen LogP contribution in [-0.2, 0) is 0 Å². The Bertz CT molecular complexity index is 879. The highest BCUT2D eigenvalue weighted by atomic mass is 19.1. The fourth-order valence-corrected chi connectivity index (χ4v) is 2.18. The third kappa shape index (κ3) is 2.19. The Morgan fingerprint density at radius 2 is 1.82 bits per heavy atom. The van der Waals surface area contributed by atoms with E-state index in [-0.39, 0.29) is 22.6 Å². The monoisotopic (exact) mass is 296 g/mol. The summed E-state index contributed by atoms with van der Waals surface area (Å²) in [6.45, 7) is 0. The first-order chi connectivity index (χ1) is 10.6. The van der Waals surface area contributed by atoms with Crippen molar-refractivity contribution in [1.29, 1.82) is 5.26 Å². The molecule has 0 amide bonds. The molecule has 0 aliphatic heterocycles. The van der Waals surface area contributed by atoms with Crippen LogP contribution in [0.1, 0.15) is 5.56 Å². The van der Waals surface area contributed by atoms with Crippen LogP contribution in [0.15, 0.2) is 48.5 Å². The lowest BCUT2D eigenvalue weighted by Crippen LogP contribution is -2.02. The van der Waals surface area contributed by atoms with Crippen LogP contribution < -0.4 is 5.73 Å². The minimum atomic E-state index is -0.797. The molecule has 0 bridgehead atoms. The molecule has 0 aliphatic carbocycles. The molecule has 0 saturated heterocycles. The van der Waals surface area contributed by atoms with Crippen LogP contribution in [0.2, 0.25) is 0 Å². The standard InChI is InChI=1S/C16H10F2N4/c17-10-6-7-12(14(18)8-10)15-13(9-19)16(20)22(21-15)11-4-2-1-3-5-11/h1-8H,20H2. The molecule has 0 radical (unpaired) electrons. The second-order valence-corrected chi connectivity index (χ2v) is 4.59. The molecule has 6 heteroatoms. The number of rotatable bonds is 2. The number of nitrogens with zero attached hydrogens (tertiary/aromatic N) is 3. The van der Waals surface area contributed by atoms with Crippen molar-refractivity contribution in [1.82, 2.24) is 9.78 Å². The molecular formula is C16H10F2N4. The molecule has 0 atom stereocenters. The van der Waals surface area contributed by atoms with Gasteiger partial charge in [-0.2, -0.15) is 10.4 Å². The zero-order chi connectivity index (χ0) is 15.7. The van der Waals surface area contributed by atoms with Crippen molar-refractivity contribution in [3.8, 4) is 23.0 Å². The van der Waals surface area contributed by atoms with Gasteiger partial charge in [0.1, 0.15) is 34.8 Å². The Labute approximate surface area is 125 Å². The van der Waals surface area contributed by atoms with E-state index in [1.165, 1.54) is 10.7 Å². The molecule has 3 rings (SSSR count). The fourth-order valence-electron chi connectivity index (χ4n) is 2.18. The number of nitrogen functional groups attached to an aromatic ring is 1. The molecule has 0 aliphatic rings. The number of para-hydroxylation sites is 1. The minimum absolute atomic E-state index is 0.0272. The molecule has 1 heterocycles. The number of anilines is 1. The lowest BCUT2D eigenvalue weighted by atomic mass is 10.1. The molecule has 1 aromatic heterocycles. The molecule has 3 aromatic rings. The first-order valence-electron chi connectivity index (χ1n) is 6.41. The average molecular weight is 296 g/mol. The highest BCUT2D eigenvalue weighted by Gasteiger charge is 2.20. The van der Waals surface area contributed by atoms with Crippen molar-refractivity contribution in [2.24, 2.45) is 0 Å². The van der Waals surface area contributed by atoms with E-state index in [4.69, 9.17) is 5.73 Å². The van der Waals surface area contributed by atoms with Gasteiger partial charge in [0.15, 0.2) is 0 Å². The fraction of sp³-hybridized carbons (Fsp3) is 0. The summed E-state index contributed by atoms with van der Waals surface area (Å²) in [6, 6.07) is 13.9. The van der Waals surface area contributed by atoms with E-state index in [2.05, 4.69) is 5.10 Å². The van der Waals surface area contributed by atoms with Gasteiger partial charge in [-0.05, 0) is 24.3 Å². The van der Waals surface area contributed by atoms with Crippen molar-refractivity contribution < 1.29 is 8.78 Å². The number of benzene rings is 2. The summed E-state index contributed by atoms with van der Waals surface area (Å²) >= 11 is 0. The number of hydrogen-bond donors (Lipinski definition) is 1. The lowest BCUT2D eigenvalue weighted by Gasteiger charge is -2.02. The van der Waals surface area contributed by atoms with E-state index < -0.39 is 11.6 Å². The summed E-state index contributed by atoms with van der Waals surface area (Å²) in [5.41, 5.74) is 6.75. The van der Waals surface area contributed by atoms with E-state index in [0.717, 1.165) is 12.1 Å². The first-order valence-corrected chi connectivity index (χ1v) is 6.41. The Hall–Kier alpha value is -3.20. The minimum Gasteiger partial charge on any atom is -0.382 e. The highest BCUT2D eigenvalue weighted by molar-refractivity contribution is 5.74. The third-order valence-electron chi connectivity index (χ3n) is 3.22. The quantitative estimate of drug-likeness (QED) is 0.789. The Morgan fingerprint density at radius 1 is 1.09 bits per heavy atom. The van der Waals surface area contributed by atoms with E-state index in [1.807, 2.05) is 12.1 Å². The van der Waals surface area contributed by atoms with Gasteiger partial charge in [-0.25, -0.2) is 13.5 Å². The van der Waals surface area contributed by atoms with E-state index in [9.17, 15) is 14.0 Å². The molecule has 108 valence electrons. The van der Waals surface area contributed by atoms with Gasteiger partial charge in [-0.15, -0.1) is 0 Å². The molecule has 2 aromatic carbocycles. The molecule has 0 spiro atoms. The van der Waals surface area contributed by atoms with Crippen molar-refractivity contribution >= 4 is 5.82 Å². The topological polar surface area (TPSA) is 67.6 Å². The van der Waals surface area contributed by atoms with Gasteiger partial charge >= 0.3 is 0 Å². The van der Waals surface area contributed by atoms with Crippen LogP contribution in [0.3, 0.4) is 0 Å². The molecular weight excluding hydrogens is 286 g/mol. The second kappa shape index (κ2) is 5.30. The van der Waals surface area contributed by atoms with Gasteiger partial charge in [-0.1, -0.05) is 18.2 Å². The normalized spacial score (nSPS) is 10.4. The SMILES string of the molecule is N#Cc1c(-c2ccc(F)cc2F)nn(-c2ccccc2)c1N. The molecule has 22 heavy (non-hydrogen) atoms. The molecule has 4 nitrogen and oxygen atoms in total. The van der Waals surface area contributed by atoms with Gasteiger partial charge in [0.05, 0.1) is 5.69 Å². The number of aromatic nitrogens is 2. The summed E-state index contributed by atoms with van der Waals surface area (Å²) in [5.74, 6) is -1.39. The first kappa shape index (κ1) is 13.8. The van der Waals surface area contributed by atoms with E-state index in [0.29, 0.717) is 5.69 Å². The maximum atomic E-state index is 14.0. The predicted molar refractivity (Wildman–Crippen MR) is 78.0 cm³/mol. The molecule has 0 unspecified atom stereocenters. The zero-order valence-electron chi connectivity index (χ0n) is 11.3. The molecule has 0 fully saturated rings. The Morgan fingerprint density at radius 3 is 2.45 bits per heavy atom. The van der Waals surface area contributed by atoms with Crippen molar-refractivity contribution in [2.45, 2.75) is 0 Å². The maximum absolute atomic E-state index is 14.0. The van der Waals surface area contributed by atoms with Crippen molar-refractivity contribution in [3.05, 3.63) is 65.7 Å². The lowest BCUT2D eigenvalue weighted by molar-refractivity contribution is 0.585. The van der Waals surface area contributed by atoms with Gasteiger partial charge in [0.25, 0.3) is 0 Å². The predicted octanol–water partition coefficient (Wildman–Crippen LogP) is 3.27. The van der Waals surface area contributed by atoms with Gasteiger partial charge in [0.2, 0.25) is 0 Å². The van der Waals surface area contributed by atoms with Crippen LogP contribution in [-0.4, -0.2) is 9.78 Å². The van der Waals surface area contributed by atoms with Crippen molar-refractivity contribution in [3.63, 3.8) is 0 Å². The molecule has 2 N–H and O–H groups in total. The summed E-state index contributed by atoms with van der Waals surface area (Å²) in [4.78, 5) is 0. The number of halogens is 2. The van der Waals surface area contributed by atoms with Crippen LogP contribution in [0, 0.1) is 23.0 Å². The average Bonchev–Trinajstić information content (AvgIpc) is 2.84. The summed E-state index contributed by atoms with van der Waals surface area (Å²) in [5, 5.41) is 13.5. The number of nitriles is 1. The molecule has 0 saturated carbocycles. The summed E-state index contributed by atoms with van der Waals surface area (Å²) < 4.78 is 28.4. The highest BCUT2D eigenvalue weighted by Crippen LogP contribution is 2.30. The maximum Gasteiger partial charge on any atom is 0.145 e. The van der Waals surface area contributed by atoms with Crippen LogP contribution in [0.25, 0.3) is 16.9 Å². The Balaban J connectivity index is 2.24. The summed E-state index contributed by atoms with van der Waals surface area (Å²) in [6.07, 6.45) is 0. The largest absolute Gasteiger partial charge is 0.382 e. The van der Waals surface area contributed by atoms with E-state index in [1.54, 1.807) is 24.3 Å². The Kier molecular flexibility index (Phi) is 3.31. The van der Waals surface area contributed by atoms with Crippen LogP contribution in [0.4, 0.5) is 14.6 Å². The van der Waals surface area contributed by atoms with Crippen molar-refractivity contribution in [2.75, 3.05) is 5.73 Å². The number of nitrogens with two attached hydrogens (primary N) is 1. The zero-order valence-corrected chi connectivity index (χ0v) is 11.3. The number of hydrogen-bond acceptors (Lipinski definition) is 3.